The van der Waals surface area contributed by atoms with Gasteiger partial charge in [-0.05, 0) is 37.3 Å². The number of rotatable bonds is 7. The molecule has 0 saturated carbocycles. The molecule has 2 rings (SSSR count). The molecule has 0 aliphatic carbocycles. The topological polar surface area (TPSA) is 38.0 Å². The summed E-state index contributed by atoms with van der Waals surface area (Å²) in [6, 6.07) is 12.5. The number of nitrogens with zero attached hydrogens (tertiary/aromatic N) is 2. The van der Waals surface area contributed by atoms with Gasteiger partial charge in [0.15, 0.2) is 0 Å². The van der Waals surface area contributed by atoms with Gasteiger partial charge in [-0.3, -0.25) is 4.68 Å². The van der Waals surface area contributed by atoms with Crippen LogP contribution in [0.15, 0.2) is 36.4 Å². The molecular weight excluding hydrogens is 260 g/mol. The van der Waals surface area contributed by atoms with E-state index >= 15 is 0 Å². The molecule has 1 aromatic carbocycles. The largest absolute Gasteiger partial charge is 0.393 e. The fourth-order valence-electron chi connectivity index (χ4n) is 2.78. The molecule has 0 radical (unpaired) electrons. The Kier molecular flexibility index (Phi) is 5.57. The average Bonchev–Trinajstić information content (AvgIpc) is 2.90. The second-order valence-electron chi connectivity index (χ2n) is 5.70. The molecule has 0 aliphatic heterocycles. The molecule has 3 nitrogen and oxygen atoms in total. The van der Waals surface area contributed by atoms with Gasteiger partial charge in [-0.15, -0.1) is 0 Å². The van der Waals surface area contributed by atoms with Crippen molar-refractivity contribution in [1.82, 2.24) is 9.78 Å². The molecule has 3 heteroatoms. The third-order valence-electron chi connectivity index (χ3n) is 4.01. The molecule has 0 fully saturated rings. The van der Waals surface area contributed by atoms with E-state index in [4.69, 9.17) is 0 Å². The SMILES string of the molecule is CCc1cc(CC(O)CC(C)c2ccccc2)n(CC)n1. The highest BCUT2D eigenvalue weighted by molar-refractivity contribution is 5.19. The van der Waals surface area contributed by atoms with Crippen LogP contribution >= 0.6 is 0 Å². The molecule has 1 aromatic heterocycles. The van der Waals surface area contributed by atoms with Crippen molar-refractivity contribution < 1.29 is 5.11 Å². The monoisotopic (exact) mass is 286 g/mol. The van der Waals surface area contributed by atoms with Crippen LogP contribution in [0.25, 0.3) is 0 Å². The summed E-state index contributed by atoms with van der Waals surface area (Å²) in [6.07, 6.45) is 2.07. The van der Waals surface area contributed by atoms with Gasteiger partial charge in [0.2, 0.25) is 0 Å². The summed E-state index contributed by atoms with van der Waals surface area (Å²) in [5.41, 5.74) is 3.53. The van der Waals surface area contributed by atoms with Crippen LogP contribution in [-0.4, -0.2) is 21.0 Å². The number of aliphatic hydroxyl groups is 1. The van der Waals surface area contributed by atoms with E-state index in [-0.39, 0.29) is 6.10 Å². The van der Waals surface area contributed by atoms with Crippen LogP contribution in [-0.2, 0) is 19.4 Å². The van der Waals surface area contributed by atoms with Crippen molar-refractivity contribution in [2.24, 2.45) is 0 Å². The Hall–Kier alpha value is -1.61. The summed E-state index contributed by atoms with van der Waals surface area (Å²) < 4.78 is 2.01. The summed E-state index contributed by atoms with van der Waals surface area (Å²) in [6.45, 7) is 7.23. The number of aliphatic hydroxyl groups excluding tert-OH is 1. The number of aryl methyl sites for hydroxylation is 2. The Morgan fingerprint density at radius 2 is 1.90 bits per heavy atom. The van der Waals surface area contributed by atoms with Crippen molar-refractivity contribution in [3.05, 3.63) is 53.3 Å². The first kappa shape index (κ1) is 15.8. The maximum atomic E-state index is 10.4. The molecule has 1 heterocycles. The van der Waals surface area contributed by atoms with Crippen LogP contribution in [0.2, 0.25) is 0 Å². The molecule has 0 amide bonds. The van der Waals surface area contributed by atoms with Crippen LogP contribution in [0.1, 0.15) is 50.1 Å². The van der Waals surface area contributed by atoms with Crippen LogP contribution < -0.4 is 0 Å². The molecular formula is C18H26N2O. The predicted molar refractivity (Wildman–Crippen MR) is 86.5 cm³/mol. The third kappa shape index (κ3) is 4.18. The van der Waals surface area contributed by atoms with Crippen molar-refractivity contribution in [2.45, 2.75) is 58.6 Å². The van der Waals surface area contributed by atoms with Gasteiger partial charge in [-0.1, -0.05) is 44.2 Å². The summed E-state index contributed by atoms with van der Waals surface area (Å²) in [5, 5.41) is 14.9. The lowest BCUT2D eigenvalue weighted by atomic mass is 9.93. The first-order valence-electron chi connectivity index (χ1n) is 7.92. The van der Waals surface area contributed by atoms with Crippen molar-refractivity contribution >= 4 is 0 Å². The van der Waals surface area contributed by atoms with E-state index in [1.165, 1.54) is 5.56 Å². The summed E-state index contributed by atoms with van der Waals surface area (Å²) in [7, 11) is 0. The maximum absolute atomic E-state index is 10.4. The molecule has 2 aromatic rings. The third-order valence-corrected chi connectivity index (χ3v) is 4.01. The zero-order valence-electron chi connectivity index (χ0n) is 13.3. The fraction of sp³-hybridized carbons (Fsp3) is 0.500. The minimum atomic E-state index is -0.327. The van der Waals surface area contributed by atoms with Gasteiger partial charge in [0.1, 0.15) is 0 Å². The van der Waals surface area contributed by atoms with Gasteiger partial charge in [0.25, 0.3) is 0 Å². The smallest absolute Gasteiger partial charge is 0.0624 e. The minimum absolute atomic E-state index is 0.327. The Balaban J connectivity index is 1.98. The highest BCUT2D eigenvalue weighted by atomic mass is 16.3. The van der Waals surface area contributed by atoms with Crippen LogP contribution in [0, 0.1) is 0 Å². The molecule has 114 valence electrons. The van der Waals surface area contributed by atoms with Gasteiger partial charge in [0.05, 0.1) is 11.8 Å². The maximum Gasteiger partial charge on any atom is 0.0624 e. The second kappa shape index (κ2) is 7.41. The van der Waals surface area contributed by atoms with Crippen LogP contribution in [0.4, 0.5) is 0 Å². The normalized spacial score (nSPS) is 14.1. The molecule has 0 aliphatic rings. The number of hydrogen-bond acceptors (Lipinski definition) is 2. The highest BCUT2D eigenvalue weighted by Gasteiger charge is 2.15. The fourth-order valence-corrected chi connectivity index (χ4v) is 2.78. The number of benzene rings is 1. The predicted octanol–water partition coefficient (Wildman–Crippen LogP) is 3.56. The lowest BCUT2D eigenvalue weighted by Crippen LogP contribution is -2.16. The zero-order chi connectivity index (χ0) is 15.2. The van der Waals surface area contributed by atoms with Gasteiger partial charge < -0.3 is 5.11 Å². The van der Waals surface area contributed by atoms with Crippen molar-refractivity contribution in [1.29, 1.82) is 0 Å². The molecule has 2 atom stereocenters. The highest BCUT2D eigenvalue weighted by Crippen LogP contribution is 2.22. The van der Waals surface area contributed by atoms with Crippen LogP contribution in [0.3, 0.4) is 0 Å². The van der Waals surface area contributed by atoms with Crippen molar-refractivity contribution in [2.75, 3.05) is 0 Å². The second-order valence-corrected chi connectivity index (χ2v) is 5.70. The molecule has 0 bridgehead atoms. The van der Waals surface area contributed by atoms with E-state index in [0.717, 1.165) is 30.8 Å². The molecule has 0 spiro atoms. The van der Waals surface area contributed by atoms with E-state index in [0.29, 0.717) is 12.3 Å². The number of hydrogen-bond donors (Lipinski definition) is 1. The minimum Gasteiger partial charge on any atom is -0.393 e. The molecule has 0 saturated heterocycles. The Morgan fingerprint density at radius 3 is 2.52 bits per heavy atom. The Morgan fingerprint density at radius 1 is 1.19 bits per heavy atom. The molecule has 1 N–H and O–H groups in total. The first-order chi connectivity index (χ1) is 10.1. The van der Waals surface area contributed by atoms with E-state index < -0.39 is 0 Å². The summed E-state index contributed by atoms with van der Waals surface area (Å²) >= 11 is 0. The van der Waals surface area contributed by atoms with Gasteiger partial charge in [-0.25, -0.2) is 0 Å². The summed E-state index contributed by atoms with van der Waals surface area (Å²) in [5.74, 6) is 0.366. The molecule has 21 heavy (non-hydrogen) atoms. The van der Waals surface area contributed by atoms with Crippen LogP contribution in [0.5, 0.6) is 0 Å². The van der Waals surface area contributed by atoms with E-state index in [1.807, 2.05) is 10.7 Å². The van der Waals surface area contributed by atoms with Gasteiger partial charge in [0, 0.05) is 18.7 Å². The lowest BCUT2D eigenvalue weighted by Gasteiger charge is -2.17. The molecule has 2 unspecified atom stereocenters. The quantitative estimate of drug-likeness (QED) is 0.845. The lowest BCUT2D eigenvalue weighted by molar-refractivity contribution is 0.154. The van der Waals surface area contributed by atoms with E-state index in [2.05, 4.69) is 56.2 Å². The standard InChI is InChI=1S/C18H26N2O/c1-4-16-12-17(20(5-2)19-16)13-18(21)11-14(3)15-9-7-6-8-10-15/h6-10,12,14,18,21H,4-5,11,13H2,1-3H3. The Bertz CT molecular complexity index is 548. The zero-order valence-corrected chi connectivity index (χ0v) is 13.3. The number of aromatic nitrogens is 2. The summed E-state index contributed by atoms with van der Waals surface area (Å²) in [4.78, 5) is 0. The van der Waals surface area contributed by atoms with E-state index in [1.54, 1.807) is 0 Å². The average molecular weight is 286 g/mol. The van der Waals surface area contributed by atoms with Crippen molar-refractivity contribution in [3.63, 3.8) is 0 Å². The first-order valence-corrected chi connectivity index (χ1v) is 7.92. The van der Waals surface area contributed by atoms with Crippen molar-refractivity contribution in [3.8, 4) is 0 Å². The van der Waals surface area contributed by atoms with Gasteiger partial charge in [-0.2, -0.15) is 5.10 Å². The Labute approximate surface area is 127 Å². The van der Waals surface area contributed by atoms with E-state index in [9.17, 15) is 5.11 Å². The van der Waals surface area contributed by atoms with Gasteiger partial charge >= 0.3 is 0 Å².